The Bertz CT molecular complexity index is 3570. The Labute approximate surface area is 527 Å². The van der Waals surface area contributed by atoms with E-state index >= 15 is 4.39 Å². The van der Waals surface area contributed by atoms with E-state index in [9.17, 15) is 44.4 Å². The van der Waals surface area contributed by atoms with Gasteiger partial charge in [0, 0.05) is 130 Å². The highest BCUT2D eigenvalue weighted by atomic mass is 35.5. The first-order chi connectivity index (χ1) is 42.6. The summed E-state index contributed by atoms with van der Waals surface area (Å²) in [6.45, 7) is 13.0. The highest BCUT2D eigenvalue weighted by Gasteiger charge is 2.49. The van der Waals surface area contributed by atoms with Gasteiger partial charge in [-0.15, -0.1) is 11.8 Å². The van der Waals surface area contributed by atoms with Gasteiger partial charge < -0.3 is 30.1 Å². The molecule has 1 aliphatic carbocycles. The fourth-order valence-corrected chi connectivity index (χ4v) is 15.5. The smallest absolute Gasteiger partial charge is 0.380 e. The molecule has 4 N–H and O–H groups in total. The van der Waals surface area contributed by atoms with Crippen LogP contribution in [0.2, 0.25) is 5.02 Å². The predicted octanol–water partition coefficient (Wildman–Crippen LogP) is 9.77. The fraction of sp³-hybridized carbons (Fsp3) is 0.453. The van der Waals surface area contributed by atoms with Crippen molar-refractivity contribution in [1.82, 2.24) is 24.7 Å². The maximum Gasteiger partial charge on any atom is 0.501 e. The number of allylic oxidation sites excluding steroid dienone is 1. The summed E-state index contributed by atoms with van der Waals surface area (Å²) in [6.07, 6.45) is 5.69. The van der Waals surface area contributed by atoms with Crippen LogP contribution in [0.4, 0.5) is 40.3 Å². The summed E-state index contributed by atoms with van der Waals surface area (Å²) < 4.78 is 120. The summed E-state index contributed by atoms with van der Waals surface area (Å²) in [4.78, 5) is 47.6. The van der Waals surface area contributed by atoms with Crippen LogP contribution in [0.15, 0.2) is 136 Å². The Morgan fingerprint density at radius 2 is 1.51 bits per heavy atom. The molecule has 0 spiro atoms. The summed E-state index contributed by atoms with van der Waals surface area (Å²) in [5.41, 5.74) is -0.446. The molecule has 3 atom stereocenters. The van der Waals surface area contributed by atoms with Crippen LogP contribution >= 0.6 is 23.4 Å². The molecule has 5 aromatic rings. The summed E-state index contributed by atoms with van der Waals surface area (Å²) in [6, 6.07) is 30.0. The average molecular weight is 1310 g/mol. The number of sulfone groups is 1. The normalized spacial score (nSPS) is 20.9. The third-order valence-electron chi connectivity index (χ3n) is 17.5. The zero-order chi connectivity index (χ0) is 62.9. The lowest BCUT2D eigenvalue weighted by Gasteiger charge is -2.42. The first-order valence-corrected chi connectivity index (χ1v) is 34.6. The molecule has 17 nitrogen and oxygen atoms in total. The molecule has 0 bridgehead atoms. The molecule has 25 heteroatoms. The Balaban J connectivity index is 0.741. The number of amides is 3. The highest BCUT2D eigenvalue weighted by molar-refractivity contribution is 7.99. The number of halogens is 5. The molecule has 10 rings (SSSR count). The number of hydrogen-bond acceptors (Lipinski definition) is 16. The molecule has 4 fully saturated rings. The van der Waals surface area contributed by atoms with E-state index in [0.717, 1.165) is 101 Å². The summed E-state index contributed by atoms with van der Waals surface area (Å²) in [7, 11) is -11.0. The molecule has 1 unspecified atom stereocenters. The minimum absolute atomic E-state index is 0.0306. The number of piperazine rings is 2. The van der Waals surface area contributed by atoms with Gasteiger partial charge in [0.15, 0.2) is 0 Å². The SMILES string of the molecule is C[C@@]1(CCN2CCN(c3ccc(NC4CCC(=O)NC4=O)cc3F)CC2)CCC(c2ccc(Cl)cc2)=C(CN2CCN(c3ccc(C(=O)NS(=O)(=O)c4ccc(N[C@H](CCN5CCCOCC5)CSc5ccccc5)c(S(=O)(=O)C(F)(F)F)c4)cc3)CC2)C1. The van der Waals surface area contributed by atoms with E-state index in [1.54, 1.807) is 24.3 Å². The summed E-state index contributed by atoms with van der Waals surface area (Å²) in [5.74, 6) is -1.78. The summed E-state index contributed by atoms with van der Waals surface area (Å²) >= 11 is 7.80. The van der Waals surface area contributed by atoms with E-state index in [1.165, 1.54) is 46.7 Å². The lowest BCUT2D eigenvalue weighted by Crippen LogP contribution is -2.48. The van der Waals surface area contributed by atoms with Crippen molar-refractivity contribution in [2.24, 2.45) is 5.41 Å². The monoisotopic (exact) mass is 1310 g/mol. The van der Waals surface area contributed by atoms with Crippen LogP contribution in [-0.4, -0.2) is 171 Å². The zero-order valence-corrected chi connectivity index (χ0v) is 52.9. The number of nitrogens with zero attached hydrogens (tertiary/aromatic N) is 5. The van der Waals surface area contributed by atoms with Crippen molar-refractivity contribution in [2.45, 2.75) is 90.6 Å². The van der Waals surface area contributed by atoms with E-state index in [1.807, 2.05) is 47.2 Å². The quantitative estimate of drug-likeness (QED) is 0.0290. The van der Waals surface area contributed by atoms with Crippen LogP contribution in [0.1, 0.15) is 74.2 Å². The number of imide groups is 1. The third-order valence-corrected chi connectivity index (χ3v) is 21.8. The highest BCUT2D eigenvalue weighted by Crippen LogP contribution is 2.46. The largest absolute Gasteiger partial charge is 0.501 e. The number of carbonyl (C=O) groups is 3. The lowest BCUT2D eigenvalue weighted by molar-refractivity contribution is -0.133. The molecular formula is C64H76ClF4N9O8S3. The van der Waals surface area contributed by atoms with E-state index in [-0.39, 0.29) is 29.1 Å². The molecular weight excluding hydrogens is 1230 g/mol. The lowest BCUT2D eigenvalue weighted by atomic mass is 9.69. The first-order valence-electron chi connectivity index (χ1n) is 30.3. The molecule has 0 aromatic heterocycles. The zero-order valence-electron chi connectivity index (χ0n) is 49.7. The van der Waals surface area contributed by atoms with Gasteiger partial charge in [0.2, 0.25) is 11.8 Å². The Kier molecular flexibility index (Phi) is 21.4. The van der Waals surface area contributed by atoms with Crippen molar-refractivity contribution in [3.8, 4) is 0 Å². The second-order valence-corrected chi connectivity index (χ2v) is 29.0. The second-order valence-electron chi connectivity index (χ2n) is 23.9. The van der Waals surface area contributed by atoms with Crippen LogP contribution in [-0.2, 0) is 34.2 Å². The number of benzene rings is 5. The van der Waals surface area contributed by atoms with Crippen molar-refractivity contribution in [3.05, 3.63) is 143 Å². The number of piperidine rings is 1. The number of thioether (sulfide) groups is 1. The maximum atomic E-state index is 15.5. The number of hydrogen-bond donors (Lipinski definition) is 4. The molecule has 478 valence electrons. The maximum absolute atomic E-state index is 15.5. The molecule has 0 radical (unpaired) electrons. The number of carbonyl (C=O) groups excluding carboxylic acids is 3. The van der Waals surface area contributed by atoms with Crippen LogP contribution < -0.4 is 30.5 Å². The van der Waals surface area contributed by atoms with Crippen molar-refractivity contribution in [3.63, 3.8) is 0 Å². The topological polar surface area (TPSA) is 193 Å². The Hall–Kier alpha value is -6.25. The van der Waals surface area contributed by atoms with Gasteiger partial charge in [0.25, 0.3) is 25.8 Å². The fourth-order valence-electron chi connectivity index (χ4n) is 12.3. The van der Waals surface area contributed by atoms with Gasteiger partial charge in [-0.25, -0.2) is 25.9 Å². The van der Waals surface area contributed by atoms with Crippen LogP contribution in [0.5, 0.6) is 0 Å². The van der Waals surface area contributed by atoms with Crippen molar-refractivity contribution < 1.29 is 53.5 Å². The average Bonchev–Trinajstić information content (AvgIpc) is 2.10. The first kappa shape index (κ1) is 65.7. The van der Waals surface area contributed by atoms with Gasteiger partial charge in [-0.2, -0.15) is 13.2 Å². The number of ether oxygens (including phenoxy) is 1. The van der Waals surface area contributed by atoms with Crippen molar-refractivity contribution >= 4 is 89.3 Å². The number of rotatable bonds is 22. The van der Waals surface area contributed by atoms with E-state index in [4.69, 9.17) is 16.3 Å². The third kappa shape index (κ3) is 17.0. The Morgan fingerprint density at radius 3 is 2.21 bits per heavy atom. The number of alkyl halides is 3. The molecule has 0 saturated carbocycles. The van der Waals surface area contributed by atoms with Gasteiger partial charge in [-0.1, -0.05) is 54.4 Å². The van der Waals surface area contributed by atoms with E-state index in [0.29, 0.717) is 93.5 Å². The molecule has 5 aromatic carbocycles. The van der Waals surface area contributed by atoms with E-state index < -0.39 is 64.7 Å². The minimum Gasteiger partial charge on any atom is -0.380 e. The van der Waals surface area contributed by atoms with Gasteiger partial charge in [-0.3, -0.25) is 29.5 Å². The van der Waals surface area contributed by atoms with Crippen LogP contribution in [0, 0.1) is 11.2 Å². The molecule has 4 saturated heterocycles. The number of anilines is 4. The molecule has 4 heterocycles. The van der Waals surface area contributed by atoms with Gasteiger partial charge in [0.05, 0.1) is 22.9 Å². The standard InChI is InChI=1S/C64H76ClF4N9O8S3/c1-63(25-28-75-29-35-78(36-30-75)58-20-14-49(40-55(58)66)70-57-19-21-60(79)72-62(57)81)24-22-54(45-8-12-48(65)13-9-45)47(42-63)43-76-31-33-77(34-32-76)51-15-10-46(11-16-51)61(80)73-89(84,85)53-17-18-56(59(41-53)88(82,83)64(67,68)69)71-50(44-87-52-6-3-2-4-7-52)23-27-74-26-5-38-86-39-37-74/h2-4,6-18,20,40-41,50,57,70-71H,5,19,21-39,42-44H2,1H3,(H,73,80)(H,72,79,81)/t50-,57?,63+/m1/s1. The van der Waals surface area contributed by atoms with Crippen LogP contribution in [0.3, 0.4) is 0 Å². The number of sulfonamides is 1. The van der Waals surface area contributed by atoms with Crippen molar-refractivity contribution in [2.75, 3.05) is 124 Å². The molecule has 89 heavy (non-hydrogen) atoms. The van der Waals surface area contributed by atoms with Gasteiger partial charge in [-0.05, 0) is 153 Å². The molecule has 4 aliphatic heterocycles. The van der Waals surface area contributed by atoms with Gasteiger partial charge >= 0.3 is 5.51 Å². The van der Waals surface area contributed by atoms with E-state index in [2.05, 4.69) is 59.5 Å². The minimum atomic E-state index is -6.10. The van der Waals surface area contributed by atoms with Crippen LogP contribution in [0.25, 0.3) is 5.57 Å². The number of nitrogens with one attached hydrogen (secondary N) is 4. The molecule has 5 aliphatic rings. The van der Waals surface area contributed by atoms with Crippen molar-refractivity contribution in [1.29, 1.82) is 0 Å². The Morgan fingerprint density at radius 1 is 0.798 bits per heavy atom. The van der Waals surface area contributed by atoms with Gasteiger partial charge in [0.1, 0.15) is 16.8 Å². The second kappa shape index (κ2) is 28.9. The summed E-state index contributed by atoms with van der Waals surface area (Å²) in [5, 5.41) is 9.08. The predicted molar refractivity (Wildman–Crippen MR) is 340 cm³/mol. The molecule has 3 amide bonds.